The minimum absolute atomic E-state index is 0.0468. The Hall–Kier alpha value is -2.00. The van der Waals surface area contributed by atoms with Gasteiger partial charge in [-0.1, -0.05) is 29.8 Å². The summed E-state index contributed by atoms with van der Waals surface area (Å²) in [6.07, 6.45) is 1.93. The van der Waals surface area contributed by atoms with Crippen LogP contribution < -0.4 is 0 Å². The van der Waals surface area contributed by atoms with Gasteiger partial charge in [-0.15, -0.1) is 0 Å². The topological polar surface area (TPSA) is 42.3 Å². The molecule has 0 bridgehead atoms. The number of aliphatic imine (C=N–C) groups is 1. The van der Waals surface area contributed by atoms with Crippen molar-refractivity contribution in [2.75, 3.05) is 0 Å². The Kier molecular flexibility index (Phi) is 2.91. The van der Waals surface area contributed by atoms with Crippen molar-refractivity contribution in [2.45, 2.75) is 13.3 Å². The van der Waals surface area contributed by atoms with Crippen molar-refractivity contribution in [1.82, 2.24) is 4.98 Å². The third-order valence-corrected chi connectivity index (χ3v) is 3.50. The highest BCUT2D eigenvalue weighted by atomic mass is 35.5. The maximum Gasteiger partial charge on any atom is 0.172 e. The van der Waals surface area contributed by atoms with Crippen molar-refractivity contribution in [2.24, 2.45) is 4.99 Å². The summed E-state index contributed by atoms with van der Waals surface area (Å²) < 4.78 is 0. The Morgan fingerprint density at radius 3 is 2.79 bits per heavy atom. The van der Waals surface area contributed by atoms with E-state index in [0.29, 0.717) is 22.1 Å². The molecular weight excluding hydrogens is 260 g/mol. The number of carbonyl (C=O) groups excluding carboxylic acids is 1. The van der Waals surface area contributed by atoms with E-state index in [4.69, 9.17) is 11.6 Å². The van der Waals surface area contributed by atoms with Crippen LogP contribution in [0.5, 0.6) is 0 Å². The predicted octanol–water partition coefficient (Wildman–Crippen LogP) is 3.75. The molecule has 0 amide bonds. The number of aryl methyl sites for hydroxylation is 1. The van der Waals surface area contributed by atoms with E-state index < -0.39 is 0 Å². The second-order valence-electron chi connectivity index (χ2n) is 4.46. The molecule has 94 valence electrons. The highest BCUT2D eigenvalue weighted by Crippen LogP contribution is 2.29. The average molecular weight is 271 g/mol. The summed E-state index contributed by atoms with van der Waals surface area (Å²) in [6.45, 7) is 1.90. The van der Waals surface area contributed by atoms with Crippen LogP contribution >= 0.6 is 11.6 Å². The van der Waals surface area contributed by atoms with E-state index >= 15 is 0 Å². The van der Waals surface area contributed by atoms with E-state index in [0.717, 1.165) is 11.1 Å². The second kappa shape index (κ2) is 4.59. The molecule has 1 aromatic heterocycles. The maximum absolute atomic E-state index is 12.2. The van der Waals surface area contributed by atoms with Gasteiger partial charge in [-0.25, -0.2) is 9.98 Å². The largest absolute Gasteiger partial charge is 0.294 e. The van der Waals surface area contributed by atoms with Crippen LogP contribution in [0.25, 0.3) is 0 Å². The van der Waals surface area contributed by atoms with E-state index in [1.807, 2.05) is 31.2 Å². The van der Waals surface area contributed by atoms with E-state index in [9.17, 15) is 4.79 Å². The normalized spacial score (nSPS) is 14.0. The number of pyridine rings is 1. The molecule has 3 nitrogen and oxygen atoms in total. The van der Waals surface area contributed by atoms with Crippen molar-refractivity contribution < 1.29 is 4.79 Å². The maximum atomic E-state index is 12.2. The van der Waals surface area contributed by atoms with Crippen molar-refractivity contribution in [3.63, 3.8) is 0 Å². The monoisotopic (exact) mass is 270 g/mol. The summed E-state index contributed by atoms with van der Waals surface area (Å²) in [5.74, 6) is 0.539. The summed E-state index contributed by atoms with van der Waals surface area (Å²) >= 11 is 6.15. The summed E-state index contributed by atoms with van der Waals surface area (Å²) in [5, 5.41) is 0.602. The summed E-state index contributed by atoms with van der Waals surface area (Å²) in [6, 6.07) is 9.23. The first kappa shape index (κ1) is 12.1. The van der Waals surface area contributed by atoms with Crippen LogP contribution in [0.4, 0.5) is 5.82 Å². The lowest BCUT2D eigenvalue weighted by Crippen LogP contribution is -2.16. The number of Topliss-reactive ketones (excluding diaryl/α,β-unsaturated/α-hetero) is 1. The van der Waals surface area contributed by atoms with E-state index in [-0.39, 0.29) is 12.2 Å². The number of halogens is 1. The molecule has 0 saturated heterocycles. The molecule has 0 spiro atoms. The van der Waals surface area contributed by atoms with Gasteiger partial charge in [-0.05, 0) is 24.6 Å². The number of rotatable bonds is 1. The van der Waals surface area contributed by atoms with E-state index in [1.54, 1.807) is 12.3 Å². The molecular formula is C15H11ClN2O. The quantitative estimate of drug-likeness (QED) is 0.792. The average Bonchev–Trinajstić information content (AvgIpc) is 2.39. The molecule has 0 saturated carbocycles. The zero-order valence-corrected chi connectivity index (χ0v) is 11.1. The molecule has 1 aromatic carbocycles. The second-order valence-corrected chi connectivity index (χ2v) is 4.87. The molecule has 0 radical (unpaired) electrons. The van der Waals surface area contributed by atoms with Crippen LogP contribution in [0, 0.1) is 6.92 Å². The van der Waals surface area contributed by atoms with Crippen LogP contribution in [-0.4, -0.2) is 16.5 Å². The van der Waals surface area contributed by atoms with Crippen LogP contribution in [0.15, 0.2) is 41.5 Å². The van der Waals surface area contributed by atoms with Gasteiger partial charge < -0.3 is 0 Å². The summed E-state index contributed by atoms with van der Waals surface area (Å²) in [7, 11) is 0. The molecule has 19 heavy (non-hydrogen) atoms. The number of carbonyl (C=O) groups is 1. The number of fused-ring (bicyclic) bond motifs is 1. The Morgan fingerprint density at radius 1 is 1.21 bits per heavy atom. The number of benzene rings is 1. The Morgan fingerprint density at radius 2 is 2.00 bits per heavy atom. The van der Waals surface area contributed by atoms with Gasteiger partial charge in [-0.2, -0.15) is 0 Å². The van der Waals surface area contributed by atoms with Gasteiger partial charge in [0.05, 0.1) is 17.7 Å². The first-order chi connectivity index (χ1) is 9.16. The van der Waals surface area contributed by atoms with Gasteiger partial charge in [-0.3, -0.25) is 4.79 Å². The van der Waals surface area contributed by atoms with Crippen molar-refractivity contribution in [3.05, 3.63) is 58.2 Å². The van der Waals surface area contributed by atoms with Crippen LogP contribution in [-0.2, 0) is 0 Å². The van der Waals surface area contributed by atoms with Crippen molar-refractivity contribution in [1.29, 1.82) is 0 Å². The minimum Gasteiger partial charge on any atom is -0.294 e. The van der Waals surface area contributed by atoms with Gasteiger partial charge in [0.25, 0.3) is 0 Å². The van der Waals surface area contributed by atoms with E-state index in [1.165, 1.54) is 0 Å². The smallest absolute Gasteiger partial charge is 0.172 e. The standard InChI is InChI=1S/C15H11ClN2O/c1-9-6-7-17-15-14(9)13(19)8-12(18-15)10-4-2-3-5-11(10)16/h2-7H,8H2,1H3. The Balaban J connectivity index is 2.17. The number of hydrogen-bond acceptors (Lipinski definition) is 3. The number of nitrogens with zero attached hydrogens (tertiary/aromatic N) is 2. The fraction of sp³-hybridized carbons (Fsp3) is 0.133. The van der Waals surface area contributed by atoms with Crippen LogP contribution in [0.1, 0.15) is 27.9 Å². The first-order valence-corrected chi connectivity index (χ1v) is 6.36. The Bertz CT molecular complexity index is 707. The molecule has 1 aliphatic heterocycles. The molecule has 2 aromatic rings. The molecule has 0 fully saturated rings. The Labute approximate surface area is 116 Å². The zero-order chi connectivity index (χ0) is 13.4. The highest BCUT2D eigenvalue weighted by Gasteiger charge is 2.24. The highest BCUT2D eigenvalue weighted by molar-refractivity contribution is 6.35. The molecule has 3 rings (SSSR count). The van der Waals surface area contributed by atoms with Crippen LogP contribution in [0.3, 0.4) is 0 Å². The molecule has 0 atom stereocenters. The number of hydrogen-bond donors (Lipinski definition) is 0. The van der Waals surface area contributed by atoms with Crippen molar-refractivity contribution in [3.8, 4) is 0 Å². The van der Waals surface area contributed by atoms with Crippen LogP contribution in [0.2, 0.25) is 5.02 Å². The lowest BCUT2D eigenvalue weighted by Gasteiger charge is -2.16. The summed E-state index contributed by atoms with van der Waals surface area (Å²) in [4.78, 5) is 20.9. The fourth-order valence-electron chi connectivity index (χ4n) is 2.23. The molecule has 2 heterocycles. The van der Waals surface area contributed by atoms with E-state index in [2.05, 4.69) is 9.98 Å². The van der Waals surface area contributed by atoms with Gasteiger partial charge in [0.15, 0.2) is 11.6 Å². The molecule has 1 aliphatic rings. The third kappa shape index (κ3) is 2.06. The molecule has 0 unspecified atom stereocenters. The molecule has 4 heteroatoms. The van der Waals surface area contributed by atoms with Gasteiger partial charge in [0.1, 0.15) is 0 Å². The lowest BCUT2D eigenvalue weighted by atomic mass is 9.95. The van der Waals surface area contributed by atoms with Crippen molar-refractivity contribution >= 4 is 28.9 Å². The number of aromatic nitrogens is 1. The minimum atomic E-state index is 0.0468. The van der Waals surface area contributed by atoms with Gasteiger partial charge in [0.2, 0.25) is 0 Å². The number of ketones is 1. The predicted molar refractivity (Wildman–Crippen MR) is 75.6 cm³/mol. The SMILES string of the molecule is Cc1ccnc2c1C(=O)CC(c1ccccc1Cl)=N2. The molecule has 0 N–H and O–H groups in total. The fourth-order valence-corrected chi connectivity index (χ4v) is 2.48. The third-order valence-electron chi connectivity index (χ3n) is 3.17. The van der Waals surface area contributed by atoms with Gasteiger partial charge in [0, 0.05) is 16.8 Å². The zero-order valence-electron chi connectivity index (χ0n) is 10.4. The lowest BCUT2D eigenvalue weighted by molar-refractivity contribution is 0.0999. The van der Waals surface area contributed by atoms with Gasteiger partial charge >= 0.3 is 0 Å². The summed E-state index contributed by atoms with van der Waals surface area (Å²) in [5.41, 5.74) is 3.02. The molecule has 0 aliphatic carbocycles. The first-order valence-electron chi connectivity index (χ1n) is 5.98.